The van der Waals surface area contributed by atoms with Gasteiger partial charge < -0.3 is 15.5 Å². The lowest BCUT2D eigenvalue weighted by molar-refractivity contribution is -0.123. The van der Waals surface area contributed by atoms with E-state index in [-0.39, 0.29) is 12.5 Å². The molecule has 4 heteroatoms. The number of nitrogens with one attached hydrogen (secondary N) is 1. The second-order valence-electron chi connectivity index (χ2n) is 16.9. The van der Waals surface area contributed by atoms with Gasteiger partial charge in [-0.1, -0.05) is 264 Å². The van der Waals surface area contributed by atoms with Crippen LogP contribution in [0.5, 0.6) is 0 Å². The second-order valence-corrected chi connectivity index (χ2v) is 16.9. The number of allylic oxidation sites excluding steroid dienone is 1. The Kier molecular flexibility index (Phi) is 44.8. The highest BCUT2D eigenvalue weighted by atomic mass is 16.3. The van der Waals surface area contributed by atoms with Gasteiger partial charge in [0.1, 0.15) is 0 Å². The first-order valence-corrected chi connectivity index (χ1v) is 24.4. The molecule has 0 aromatic rings. The van der Waals surface area contributed by atoms with Crippen molar-refractivity contribution in [1.29, 1.82) is 0 Å². The fourth-order valence-corrected chi connectivity index (χ4v) is 7.77. The molecule has 0 aliphatic heterocycles. The van der Waals surface area contributed by atoms with Gasteiger partial charge in [0.15, 0.2) is 0 Å². The summed E-state index contributed by atoms with van der Waals surface area (Å²) in [5.41, 5.74) is 0. The SMILES string of the molecule is CCCCCCCCCCCC/C=C/[C@@H](O)[C@H](CO)NC(=O)CCCCCCCCCCCCCCCCCCCCCCCCCCCCCCC. The predicted molar refractivity (Wildman–Crippen MR) is 235 cm³/mol. The van der Waals surface area contributed by atoms with Gasteiger partial charge in [-0.05, 0) is 19.3 Å². The van der Waals surface area contributed by atoms with Crippen LogP contribution in [0.4, 0.5) is 0 Å². The largest absolute Gasteiger partial charge is 0.394 e. The fraction of sp³-hybridized carbons (Fsp3) is 0.939. The summed E-state index contributed by atoms with van der Waals surface area (Å²) in [6.07, 6.45) is 57.8. The van der Waals surface area contributed by atoms with Gasteiger partial charge in [0, 0.05) is 6.42 Å². The molecule has 53 heavy (non-hydrogen) atoms. The third-order valence-electron chi connectivity index (χ3n) is 11.5. The third kappa shape index (κ3) is 42.1. The molecule has 0 bridgehead atoms. The van der Waals surface area contributed by atoms with E-state index in [9.17, 15) is 15.0 Å². The molecule has 1 amide bonds. The zero-order valence-electron chi connectivity index (χ0n) is 36.3. The van der Waals surface area contributed by atoms with Crippen LogP contribution in [0, 0.1) is 0 Å². The van der Waals surface area contributed by atoms with E-state index in [0.29, 0.717) is 6.42 Å². The minimum atomic E-state index is -0.833. The maximum Gasteiger partial charge on any atom is 0.220 e. The Balaban J connectivity index is 3.41. The van der Waals surface area contributed by atoms with Crippen LogP contribution in [0.15, 0.2) is 12.2 Å². The van der Waals surface area contributed by atoms with E-state index in [1.165, 1.54) is 231 Å². The predicted octanol–water partition coefficient (Wildman–Crippen LogP) is 15.4. The smallest absolute Gasteiger partial charge is 0.220 e. The minimum absolute atomic E-state index is 0.0591. The quantitative estimate of drug-likeness (QED) is 0.0429. The molecule has 0 fully saturated rings. The minimum Gasteiger partial charge on any atom is -0.394 e. The molecular weight excluding hydrogens is 651 g/mol. The molecule has 2 atom stereocenters. The van der Waals surface area contributed by atoms with Crippen molar-refractivity contribution in [3.63, 3.8) is 0 Å². The topological polar surface area (TPSA) is 69.6 Å². The highest BCUT2D eigenvalue weighted by Gasteiger charge is 2.18. The van der Waals surface area contributed by atoms with Crippen LogP contribution in [0.1, 0.15) is 277 Å². The van der Waals surface area contributed by atoms with Crippen molar-refractivity contribution in [2.24, 2.45) is 0 Å². The summed E-state index contributed by atoms with van der Waals surface area (Å²) in [4.78, 5) is 12.4. The van der Waals surface area contributed by atoms with Gasteiger partial charge in [-0.15, -0.1) is 0 Å². The normalized spacial score (nSPS) is 12.9. The summed E-state index contributed by atoms with van der Waals surface area (Å²) in [5.74, 6) is -0.0591. The Morgan fingerprint density at radius 2 is 0.698 bits per heavy atom. The molecule has 0 spiro atoms. The van der Waals surface area contributed by atoms with Crippen LogP contribution >= 0.6 is 0 Å². The summed E-state index contributed by atoms with van der Waals surface area (Å²) < 4.78 is 0. The molecule has 316 valence electrons. The molecule has 0 rings (SSSR count). The molecule has 0 aliphatic carbocycles. The first-order valence-electron chi connectivity index (χ1n) is 24.4. The third-order valence-corrected chi connectivity index (χ3v) is 11.5. The monoisotopic (exact) mass is 748 g/mol. The lowest BCUT2D eigenvalue weighted by Gasteiger charge is -2.20. The first-order chi connectivity index (χ1) is 26.2. The number of carbonyl (C=O) groups is 1. The van der Waals surface area contributed by atoms with Gasteiger partial charge in [-0.25, -0.2) is 0 Å². The number of hydrogen-bond acceptors (Lipinski definition) is 3. The van der Waals surface area contributed by atoms with Crippen molar-refractivity contribution >= 4 is 5.91 Å². The Labute approximate surface area is 333 Å². The van der Waals surface area contributed by atoms with Crippen LogP contribution in [-0.4, -0.2) is 34.9 Å². The summed E-state index contributed by atoms with van der Waals surface area (Å²) in [5, 5.41) is 23.0. The summed E-state index contributed by atoms with van der Waals surface area (Å²) in [6, 6.07) is -0.616. The molecule has 0 saturated heterocycles. The Hall–Kier alpha value is -0.870. The highest BCUT2D eigenvalue weighted by Crippen LogP contribution is 2.17. The highest BCUT2D eigenvalue weighted by molar-refractivity contribution is 5.76. The lowest BCUT2D eigenvalue weighted by atomic mass is 10.0. The number of hydrogen-bond donors (Lipinski definition) is 3. The van der Waals surface area contributed by atoms with Crippen molar-refractivity contribution in [1.82, 2.24) is 5.32 Å². The van der Waals surface area contributed by atoms with Gasteiger partial charge in [0.05, 0.1) is 18.8 Å². The lowest BCUT2D eigenvalue weighted by Crippen LogP contribution is -2.45. The molecule has 0 aromatic heterocycles. The van der Waals surface area contributed by atoms with Gasteiger partial charge in [0.25, 0.3) is 0 Å². The molecular formula is C49H97NO3. The Morgan fingerprint density at radius 3 is 0.981 bits per heavy atom. The summed E-state index contributed by atoms with van der Waals surface area (Å²) >= 11 is 0. The van der Waals surface area contributed by atoms with Crippen molar-refractivity contribution in [2.75, 3.05) is 6.61 Å². The van der Waals surface area contributed by atoms with Gasteiger partial charge >= 0.3 is 0 Å². The van der Waals surface area contributed by atoms with E-state index in [4.69, 9.17) is 0 Å². The van der Waals surface area contributed by atoms with E-state index >= 15 is 0 Å². The standard InChI is InChI=1S/C49H97NO3/c1-3-5-7-9-11-13-15-17-18-19-20-21-22-23-24-25-26-27-28-29-30-31-32-33-35-37-39-41-43-45-49(53)50-47(46-51)48(52)44-42-40-38-36-34-16-14-12-10-8-6-4-2/h42,44,47-48,51-52H,3-41,43,45-46H2,1-2H3,(H,50,53)/b44-42+/t47-,48+/m0/s1. The molecule has 0 aliphatic rings. The number of unbranched alkanes of at least 4 members (excludes halogenated alkanes) is 38. The van der Waals surface area contributed by atoms with Crippen LogP contribution in [0.2, 0.25) is 0 Å². The van der Waals surface area contributed by atoms with Gasteiger partial charge in [0.2, 0.25) is 5.91 Å². The average molecular weight is 748 g/mol. The zero-order valence-corrected chi connectivity index (χ0v) is 36.3. The fourth-order valence-electron chi connectivity index (χ4n) is 7.77. The van der Waals surface area contributed by atoms with Crippen molar-refractivity contribution < 1.29 is 15.0 Å². The van der Waals surface area contributed by atoms with E-state index < -0.39 is 12.1 Å². The summed E-state index contributed by atoms with van der Waals surface area (Å²) in [6.45, 7) is 4.32. The Bertz CT molecular complexity index is 725. The van der Waals surface area contributed by atoms with Crippen LogP contribution in [0.25, 0.3) is 0 Å². The summed E-state index contributed by atoms with van der Waals surface area (Å²) in [7, 11) is 0. The number of rotatable bonds is 45. The average Bonchev–Trinajstić information content (AvgIpc) is 3.16. The number of aliphatic hydroxyl groups is 2. The number of carbonyl (C=O) groups excluding carboxylic acids is 1. The van der Waals surface area contributed by atoms with E-state index in [1.54, 1.807) is 6.08 Å². The maximum atomic E-state index is 12.4. The van der Waals surface area contributed by atoms with Crippen molar-refractivity contribution in [2.45, 2.75) is 289 Å². The first kappa shape index (κ1) is 52.1. The molecule has 0 radical (unpaired) electrons. The molecule has 0 heterocycles. The zero-order chi connectivity index (χ0) is 38.6. The molecule has 0 saturated carbocycles. The number of aliphatic hydroxyl groups excluding tert-OH is 2. The van der Waals surface area contributed by atoms with Crippen LogP contribution < -0.4 is 5.32 Å². The Morgan fingerprint density at radius 1 is 0.434 bits per heavy atom. The molecule has 0 aromatic carbocycles. The van der Waals surface area contributed by atoms with E-state index in [2.05, 4.69) is 19.2 Å². The second kappa shape index (κ2) is 45.5. The van der Waals surface area contributed by atoms with Gasteiger partial charge in [-0.2, -0.15) is 0 Å². The van der Waals surface area contributed by atoms with Crippen LogP contribution in [0.3, 0.4) is 0 Å². The van der Waals surface area contributed by atoms with Gasteiger partial charge in [-0.3, -0.25) is 4.79 Å². The van der Waals surface area contributed by atoms with E-state index in [1.807, 2.05) is 6.08 Å². The van der Waals surface area contributed by atoms with Crippen molar-refractivity contribution in [3.8, 4) is 0 Å². The molecule has 4 nitrogen and oxygen atoms in total. The van der Waals surface area contributed by atoms with Crippen molar-refractivity contribution in [3.05, 3.63) is 12.2 Å². The maximum absolute atomic E-state index is 12.4. The number of amides is 1. The van der Waals surface area contributed by atoms with E-state index in [0.717, 1.165) is 25.7 Å². The molecule has 3 N–H and O–H groups in total. The molecule has 0 unspecified atom stereocenters. The van der Waals surface area contributed by atoms with Crippen LogP contribution in [-0.2, 0) is 4.79 Å².